The average Bonchev–Trinajstić information content (AvgIpc) is 3.20. The average molecular weight is 422 g/mol. The third-order valence-corrected chi connectivity index (χ3v) is 6.70. The fourth-order valence-corrected chi connectivity index (χ4v) is 5.42. The Labute approximate surface area is 181 Å². The van der Waals surface area contributed by atoms with Crippen molar-refractivity contribution < 1.29 is 28.5 Å². The van der Waals surface area contributed by atoms with Crippen LogP contribution in [0.4, 0.5) is 0 Å². The van der Waals surface area contributed by atoms with E-state index in [1.165, 1.54) is 0 Å². The van der Waals surface area contributed by atoms with Gasteiger partial charge in [0.05, 0.1) is 13.2 Å². The number of esters is 2. The van der Waals surface area contributed by atoms with E-state index >= 15 is 0 Å². The Kier molecular flexibility index (Phi) is 4.68. The standard InChI is InChI=1S/C25H26O6/c1-23(2)30-21(26)25(22(27)31-23)19(17-9-5-3-6-10-17)15-24(28-13-14-29-24)16-20(25)18-11-7-4-8-12-18/h3-12,19-20H,13-16H2,1-2H3/t19-,20+. The zero-order chi connectivity index (χ0) is 21.7. The van der Waals surface area contributed by atoms with Gasteiger partial charge in [0, 0.05) is 38.5 Å². The van der Waals surface area contributed by atoms with Gasteiger partial charge in [-0.25, -0.2) is 0 Å². The van der Waals surface area contributed by atoms with Gasteiger partial charge in [-0.1, -0.05) is 60.7 Å². The van der Waals surface area contributed by atoms with E-state index in [9.17, 15) is 9.59 Å². The third kappa shape index (κ3) is 3.17. The number of benzene rings is 2. The molecule has 162 valence electrons. The molecule has 0 N–H and O–H groups in total. The molecule has 5 rings (SSSR count). The molecule has 2 atom stereocenters. The smallest absolute Gasteiger partial charge is 0.328 e. The summed E-state index contributed by atoms with van der Waals surface area (Å²) in [7, 11) is 0. The predicted molar refractivity (Wildman–Crippen MR) is 111 cm³/mol. The predicted octanol–water partition coefficient (Wildman–Crippen LogP) is 3.91. The monoisotopic (exact) mass is 422 g/mol. The van der Waals surface area contributed by atoms with Gasteiger partial charge in [-0.2, -0.15) is 0 Å². The second-order valence-electron chi connectivity index (χ2n) is 8.99. The van der Waals surface area contributed by atoms with Crippen LogP contribution in [0, 0.1) is 5.41 Å². The highest BCUT2D eigenvalue weighted by molar-refractivity contribution is 6.04. The van der Waals surface area contributed by atoms with Crippen molar-refractivity contribution >= 4 is 11.9 Å². The molecule has 31 heavy (non-hydrogen) atoms. The van der Waals surface area contributed by atoms with Gasteiger partial charge in [0.2, 0.25) is 0 Å². The van der Waals surface area contributed by atoms with E-state index < -0.39 is 40.8 Å². The van der Waals surface area contributed by atoms with Crippen LogP contribution in [0.5, 0.6) is 0 Å². The van der Waals surface area contributed by atoms with Crippen molar-refractivity contribution in [1.29, 1.82) is 0 Å². The van der Waals surface area contributed by atoms with E-state index in [0.717, 1.165) is 11.1 Å². The molecule has 0 unspecified atom stereocenters. The van der Waals surface area contributed by atoms with Crippen molar-refractivity contribution in [3.63, 3.8) is 0 Å². The molecule has 1 saturated carbocycles. The highest BCUT2D eigenvalue weighted by atomic mass is 16.8. The molecule has 2 spiro atoms. The Hall–Kier alpha value is -2.70. The Morgan fingerprint density at radius 2 is 1.13 bits per heavy atom. The van der Waals surface area contributed by atoms with Crippen LogP contribution in [0.2, 0.25) is 0 Å². The first-order valence-corrected chi connectivity index (χ1v) is 10.7. The number of rotatable bonds is 2. The van der Waals surface area contributed by atoms with Crippen LogP contribution in [-0.4, -0.2) is 36.7 Å². The molecule has 6 heteroatoms. The normalized spacial score (nSPS) is 28.3. The highest BCUT2D eigenvalue weighted by Crippen LogP contribution is 2.62. The van der Waals surface area contributed by atoms with Gasteiger partial charge >= 0.3 is 11.9 Å². The number of hydrogen-bond acceptors (Lipinski definition) is 6. The van der Waals surface area contributed by atoms with E-state index in [1.807, 2.05) is 60.7 Å². The maximum atomic E-state index is 13.8. The van der Waals surface area contributed by atoms with Crippen LogP contribution >= 0.6 is 0 Å². The number of hydrogen-bond donors (Lipinski definition) is 0. The molecule has 2 heterocycles. The zero-order valence-corrected chi connectivity index (χ0v) is 17.7. The Bertz CT molecular complexity index is 904. The summed E-state index contributed by atoms with van der Waals surface area (Å²) in [6, 6.07) is 19.2. The molecule has 1 aliphatic carbocycles. The molecule has 2 saturated heterocycles. The SMILES string of the molecule is CC1(C)OC(=O)C2(C(=O)O1)[C@@H](c1ccccc1)CC1(C[C@H]2c2ccccc2)OCCO1. The molecule has 3 aliphatic rings. The van der Waals surface area contributed by atoms with Crippen LogP contribution in [-0.2, 0) is 28.5 Å². The lowest BCUT2D eigenvalue weighted by atomic mass is 9.54. The minimum atomic E-state index is -1.53. The Morgan fingerprint density at radius 3 is 1.55 bits per heavy atom. The molecular formula is C25H26O6. The second kappa shape index (κ2) is 7.18. The van der Waals surface area contributed by atoms with Gasteiger partial charge < -0.3 is 18.9 Å². The lowest BCUT2D eigenvalue weighted by molar-refractivity contribution is -0.268. The van der Waals surface area contributed by atoms with Gasteiger partial charge in [0.15, 0.2) is 11.2 Å². The maximum Gasteiger partial charge on any atom is 0.328 e. The first-order valence-electron chi connectivity index (χ1n) is 10.7. The van der Waals surface area contributed by atoms with Gasteiger partial charge in [0.1, 0.15) is 0 Å². The van der Waals surface area contributed by atoms with E-state index in [-0.39, 0.29) is 0 Å². The molecule has 0 bridgehead atoms. The topological polar surface area (TPSA) is 71.1 Å². The first-order chi connectivity index (χ1) is 14.9. The first kappa shape index (κ1) is 20.2. The molecule has 3 fully saturated rings. The molecule has 0 radical (unpaired) electrons. The largest absolute Gasteiger partial charge is 0.422 e. The summed E-state index contributed by atoms with van der Waals surface area (Å²) in [5.74, 6) is -4.32. The van der Waals surface area contributed by atoms with Crippen molar-refractivity contribution in [1.82, 2.24) is 0 Å². The van der Waals surface area contributed by atoms with Crippen molar-refractivity contribution in [2.24, 2.45) is 5.41 Å². The lowest BCUT2D eigenvalue weighted by Gasteiger charge is -2.53. The van der Waals surface area contributed by atoms with E-state index in [0.29, 0.717) is 26.1 Å². The van der Waals surface area contributed by atoms with Gasteiger partial charge in [-0.05, 0) is 11.1 Å². The summed E-state index contributed by atoms with van der Waals surface area (Å²) in [6.07, 6.45) is 0.732. The molecular weight excluding hydrogens is 396 g/mol. The van der Waals surface area contributed by atoms with Crippen LogP contribution in [0.3, 0.4) is 0 Å². The number of carbonyl (C=O) groups is 2. The quantitative estimate of drug-likeness (QED) is 0.540. The van der Waals surface area contributed by atoms with Crippen molar-refractivity contribution in [2.75, 3.05) is 13.2 Å². The number of carbonyl (C=O) groups excluding carboxylic acids is 2. The molecule has 2 aromatic rings. The maximum absolute atomic E-state index is 13.8. The number of ether oxygens (including phenoxy) is 4. The summed E-state index contributed by atoms with van der Waals surface area (Å²) in [5.41, 5.74) is 0.184. The summed E-state index contributed by atoms with van der Waals surface area (Å²) in [4.78, 5) is 27.5. The van der Waals surface area contributed by atoms with Gasteiger partial charge in [-0.15, -0.1) is 0 Å². The summed E-state index contributed by atoms with van der Waals surface area (Å²) in [6.45, 7) is 4.13. The Balaban J connectivity index is 1.73. The molecule has 2 aliphatic heterocycles. The zero-order valence-electron chi connectivity index (χ0n) is 17.7. The third-order valence-electron chi connectivity index (χ3n) is 6.70. The van der Waals surface area contributed by atoms with E-state index in [4.69, 9.17) is 18.9 Å². The van der Waals surface area contributed by atoms with Crippen LogP contribution < -0.4 is 0 Å². The van der Waals surface area contributed by atoms with Crippen molar-refractivity contribution in [3.8, 4) is 0 Å². The van der Waals surface area contributed by atoms with Crippen molar-refractivity contribution in [3.05, 3.63) is 71.8 Å². The fourth-order valence-electron chi connectivity index (χ4n) is 5.42. The minimum absolute atomic E-state index is 0.366. The van der Waals surface area contributed by atoms with Gasteiger partial charge in [0.25, 0.3) is 5.79 Å². The van der Waals surface area contributed by atoms with Crippen LogP contribution in [0.25, 0.3) is 0 Å². The van der Waals surface area contributed by atoms with E-state index in [1.54, 1.807) is 13.8 Å². The van der Waals surface area contributed by atoms with Crippen LogP contribution in [0.15, 0.2) is 60.7 Å². The highest BCUT2D eigenvalue weighted by Gasteiger charge is 2.70. The van der Waals surface area contributed by atoms with Crippen molar-refractivity contribution in [2.45, 2.75) is 50.1 Å². The Morgan fingerprint density at radius 1 is 0.710 bits per heavy atom. The molecule has 2 aromatic carbocycles. The summed E-state index contributed by atoms with van der Waals surface area (Å²) in [5, 5.41) is 0. The fraction of sp³-hybridized carbons (Fsp3) is 0.440. The minimum Gasteiger partial charge on any atom is -0.422 e. The summed E-state index contributed by atoms with van der Waals surface area (Å²) >= 11 is 0. The molecule has 0 amide bonds. The van der Waals surface area contributed by atoms with Gasteiger partial charge in [-0.3, -0.25) is 9.59 Å². The molecule has 0 aromatic heterocycles. The second-order valence-corrected chi connectivity index (χ2v) is 8.99. The number of cyclic esters (lactones) is 2. The van der Waals surface area contributed by atoms with E-state index in [2.05, 4.69) is 0 Å². The van der Waals surface area contributed by atoms with Crippen LogP contribution in [0.1, 0.15) is 49.7 Å². The molecule has 6 nitrogen and oxygen atoms in total. The lowest BCUT2D eigenvalue weighted by Crippen LogP contribution is -2.63. The summed E-state index contributed by atoms with van der Waals surface area (Å²) < 4.78 is 23.7.